The van der Waals surface area contributed by atoms with Crippen molar-refractivity contribution in [1.29, 1.82) is 0 Å². The van der Waals surface area contributed by atoms with Crippen LogP contribution in [-0.2, 0) is 0 Å². The first-order chi connectivity index (χ1) is 9.19. The number of ether oxygens (including phenoxy) is 1. The van der Waals surface area contributed by atoms with Gasteiger partial charge in [0.2, 0.25) is 0 Å². The van der Waals surface area contributed by atoms with E-state index in [-0.39, 0.29) is 0 Å². The third-order valence-electron chi connectivity index (χ3n) is 4.08. The van der Waals surface area contributed by atoms with Crippen molar-refractivity contribution in [2.45, 2.75) is 58.6 Å². The van der Waals surface area contributed by atoms with Crippen molar-refractivity contribution in [3.63, 3.8) is 0 Å². The molecule has 2 rings (SSSR count). The SMILES string of the molecule is CCNC(C)c1ccc(OC2CCCC(C)C2)cc1. The average molecular weight is 261 g/mol. The van der Waals surface area contributed by atoms with Crippen LogP contribution in [0.4, 0.5) is 0 Å². The zero-order valence-corrected chi connectivity index (χ0v) is 12.5. The van der Waals surface area contributed by atoms with E-state index in [1.165, 1.54) is 31.2 Å². The number of hydrogen-bond donors (Lipinski definition) is 1. The van der Waals surface area contributed by atoms with E-state index in [0.717, 1.165) is 18.2 Å². The van der Waals surface area contributed by atoms with Crippen molar-refractivity contribution in [2.75, 3.05) is 6.54 Å². The molecule has 2 nitrogen and oxygen atoms in total. The summed E-state index contributed by atoms with van der Waals surface area (Å²) < 4.78 is 6.10. The molecule has 1 saturated carbocycles. The van der Waals surface area contributed by atoms with Crippen molar-refractivity contribution in [1.82, 2.24) is 5.32 Å². The molecule has 2 heteroatoms. The summed E-state index contributed by atoms with van der Waals surface area (Å²) in [6, 6.07) is 8.99. The molecule has 1 fully saturated rings. The zero-order valence-electron chi connectivity index (χ0n) is 12.5. The van der Waals surface area contributed by atoms with Gasteiger partial charge in [-0.05, 0) is 56.3 Å². The van der Waals surface area contributed by atoms with Gasteiger partial charge in [-0.15, -0.1) is 0 Å². The second-order valence-corrected chi connectivity index (χ2v) is 5.86. The van der Waals surface area contributed by atoms with Crippen LogP contribution in [-0.4, -0.2) is 12.6 Å². The standard InChI is InChI=1S/C17H27NO/c1-4-18-14(3)15-8-10-16(11-9-15)19-17-7-5-6-13(2)12-17/h8-11,13-14,17-18H,4-7,12H2,1-3H3. The monoisotopic (exact) mass is 261 g/mol. The predicted molar refractivity (Wildman–Crippen MR) is 80.6 cm³/mol. The van der Waals surface area contributed by atoms with Crippen LogP contribution in [0.15, 0.2) is 24.3 Å². The summed E-state index contributed by atoms with van der Waals surface area (Å²) in [7, 11) is 0. The fraction of sp³-hybridized carbons (Fsp3) is 0.647. The lowest BCUT2D eigenvalue weighted by Gasteiger charge is -2.27. The summed E-state index contributed by atoms with van der Waals surface area (Å²) in [4.78, 5) is 0. The molecule has 1 aromatic carbocycles. The Hall–Kier alpha value is -1.02. The smallest absolute Gasteiger partial charge is 0.119 e. The van der Waals surface area contributed by atoms with E-state index >= 15 is 0 Å². The summed E-state index contributed by atoms with van der Waals surface area (Å²) in [6.45, 7) is 7.66. The molecule has 19 heavy (non-hydrogen) atoms. The maximum absolute atomic E-state index is 6.10. The molecule has 0 bridgehead atoms. The summed E-state index contributed by atoms with van der Waals surface area (Å²) in [6.07, 6.45) is 5.50. The van der Waals surface area contributed by atoms with Gasteiger partial charge in [-0.3, -0.25) is 0 Å². The highest BCUT2D eigenvalue weighted by molar-refractivity contribution is 5.29. The molecular weight excluding hydrogens is 234 g/mol. The van der Waals surface area contributed by atoms with Crippen LogP contribution in [0.5, 0.6) is 5.75 Å². The van der Waals surface area contributed by atoms with E-state index in [0.29, 0.717) is 12.1 Å². The normalized spacial score (nSPS) is 25.0. The molecule has 0 aromatic heterocycles. The number of benzene rings is 1. The fourth-order valence-corrected chi connectivity index (χ4v) is 2.94. The molecule has 1 N–H and O–H groups in total. The average Bonchev–Trinajstić information content (AvgIpc) is 2.40. The van der Waals surface area contributed by atoms with Gasteiger partial charge in [0, 0.05) is 6.04 Å². The van der Waals surface area contributed by atoms with Gasteiger partial charge < -0.3 is 10.1 Å². The molecule has 1 aromatic rings. The van der Waals surface area contributed by atoms with Gasteiger partial charge in [0.05, 0.1) is 6.10 Å². The van der Waals surface area contributed by atoms with Crippen molar-refractivity contribution in [2.24, 2.45) is 5.92 Å². The molecular formula is C17H27NO. The molecule has 0 amide bonds. The minimum Gasteiger partial charge on any atom is -0.490 e. The van der Waals surface area contributed by atoms with E-state index in [2.05, 4.69) is 50.4 Å². The van der Waals surface area contributed by atoms with Crippen LogP contribution in [0.2, 0.25) is 0 Å². The van der Waals surface area contributed by atoms with E-state index in [4.69, 9.17) is 4.74 Å². The molecule has 0 saturated heterocycles. The molecule has 1 aliphatic rings. The Morgan fingerprint density at radius 3 is 2.63 bits per heavy atom. The Labute approximate surface area is 117 Å². The zero-order chi connectivity index (χ0) is 13.7. The minimum atomic E-state index is 0.411. The van der Waals surface area contributed by atoms with Crippen LogP contribution in [0, 0.1) is 5.92 Å². The van der Waals surface area contributed by atoms with E-state index in [1.807, 2.05) is 0 Å². The van der Waals surface area contributed by atoms with Crippen LogP contribution in [0.3, 0.4) is 0 Å². The summed E-state index contributed by atoms with van der Waals surface area (Å²) in [5.74, 6) is 1.83. The van der Waals surface area contributed by atoms with Crippen molar-refractivity contribution in [3.05, 3.63) is 29.8 Å². The number of rotatable bonds is 5. The quantitative estimate of drug-likeness (QED) is 0.852. The molecule has 106 valence electrons. The molecule has 0 aliphatic heterocycles. The first-order valence-electron chi connectivity index (χ1n) is 7.69. The topological polar surface area (TPSA) is 21.3 Å². The highest BCUT2D eigenvalue weighted by Gasteiger charge is 2.20. The van der Waals surface area contributed by atoms with E-state index in [1.54, 1.807) is 0 Å². The van der Waals surface area contributed by atoms with Crippen molar-refractivity contribution in [3.8, 4) is 5.75 Å². The van der Waals surface area contributed by atoms with Gasteiger partial charge in [0.25, 0.3) is 0 Å². The van der Waals surface area contributed by atoms with Crippen molar-refractivity contribution < 1.29 is 4.74 Å². The van der Waals surface area contributed by atoms with Crippen LogP contribution in [0.25, 0.3) is 0 Å². The molecule has 3 unspecified atom stereocenters. The highest BCUT2D eigenvalue weighted by Crippen LogP contribution is 2.27. The lowest BCUT2D eigenvalue weighted by molar-refractivity contribution is 0.129. The van der Waals surface area contributed by atoms with Gasteiger partial charge >= 0.3 is 0 Å². The van der Waals surface area contributed by atoms with Gasteiger partial charge in [0.1, 0.15) is 5.75 Å². The third-order valence-corrected chi connectivity index (χ3v) is 4.08. The summed E-state index contributed by atoms with van der Waals surface area (Å²) in [5, 5.41) is 3.43. The highest BCUT2D eigenvalue weighted by atomic mass is 16.5. The Morgan fingerprint density at radius 2 is 2.00 bits per heavy atom. The lowest BCUT2D eigenvalue weighted by Crippen LogP contribution is -2.24. The number of nitrogens with one attached hydrogen (secondary N) is 1. The molecule has 0 radical (unpaired) electrons. The maximum atomic E-state index is 6.10. The Bertz CT molecular complexity index is 373. The first-order valence-corrected chi connectivity index (χ1v) is 7.69. The van der Waals surface area contributed by atoms with Gasteiger partial charge in [-0.2, -0.15) is 0 Å². The Morgan fingerprint density at radius 1 is 1.26 bits per heavy atom. The second-order valence-electron chi connectivity index (χ2n) is 5.86. The lowest BCUT2D eigenvalue weighted by atomic mass is 9.89. The fourth-order valence-electron chi connectivity index (χ4n) is 2.94. The third kappa shape index (κ3) is 4.24. The largest absolute Gasteiger partial charge is 0.490 e. The molecule has 0 heterocycles. The molecule has 3 atom stereocenters. The van der Waals surface area contributed by atoms with E-state index in [9.17, 15) is 0 Å². The Kier molecular flexibility index (Phi) is 5.26. The van der Waals surface area contributed by atoms with Crippen LogP contribution < -0.4 is 10.1 Å². The molecule has 1 aliphatic carbocycles. The van der Waals surface area contributed by atoms with Crippen LogP contribution in [0.1, 0.15) is 58.1 Å². The van der Waals surface area contributed by atoms with Gasteiger partial charge in [0.15, 0.2) is 0 Å². The van der Waals surface area contributed by atoms with Crippen LogP contribution >= 0.6 is 0 Å². The van der Waals surface area contributed by atoms with Gasteiger partial charge in [-0.25, -0.2) is 0 Å². The summed E-state index contributed by atoms with van der Waals surface area (Å²) >= 11 is 0. The maximum Gasteiger partial charge on any atom is 0.119 e. The number of hydrogen-bond acceptors (Lipinski definition) is 2. The van der Waals surface area contributed by atoms with Gasteiger partial charge in [-0.1, -0.05) is 32.4 Å². The van der Waals surface area contributed by atoms with E-state index < -0.39 is 0 Å². The minimum absolute atomic E-state index is 0.411. The second kappa shape index (κ2) is 6.95. The first kappa shape index (κ1) is 14.4. The Balaban J connectivity index is 1.91. The predicted octanol–water partition coefficient (Wildman–Crippen LogP) is 4.31. The molecule has 0 spiro atoms. The van der Waals surface area contributed by atoms with Crippen molar-refractivity contribution >= 4 is 0 Å². The summed E-state index contributed by atoms with van der Waals surface area (Å²) in [5.41, 5.74) is 1.33.